The second-order valence-electron chi connectivity index (χ2n) is 21.4. The van der Waals surface area contributed by atoms with Crippen molar-refractivity contribution in [3.05, 3.63) is 0 Å². The largest absolute Gasteiger partial charge is 0.0625 e. The number of hydrogen-bond donors (Lipinski definition) is 0. The van der Waals surface area contributed by atoms with Gasteiger partial charge in [0.1, 0.15) is 0 Å². The van der Waals surface area contributed by atoms with E-state index in [0.717, 1.165) is 112 Å². The van der Waals surface area contributed by atoms with Gasteiger partial charge in [-0.15, -0.1) is 0 Å². The molecule has 0 aliphatic heterocycles. The topological polar surface area (TPSA) is 0 Å². The molecule has 8 fully saturated rings. The summed E-state index contributed by atoms with van der Waals surface area (Å²) >= 11 is 0. The lowest BCUT2D eigenvalue weighted by Crippen LogP contribution is -2.68. The van der Waals surface area contributed by atoms with Crippen LogP contribution in [-0.4, -0.2) is 0 Å². The molecule has 250 valence electrons. The molecule has 0 aromatic rings. The first-order valence-electron chi connectivity index (χ1n) is 21.0. The van der Waals surface area contributed by atoms with Gasteiger partial charge in [0.2, 0.25) is 0 Å². The summed E-state index contributed by atoms with van der Waals surface area (Å²) in [6.07, 6.45) is 22.3. The Kier molecular flexibility index (Phi) is 7.83. The van der Waals surface area contributed by atoms with E-state index in [1.807, 2.05) is 0 Å². The first-order chi connectivity index (χ1) is 21.0. The first kappa shape index (κ1) is 31.3. The normalized spacial score (nSPS) is 54.8. The molecule has 44 heavy (non-hydrogen) atoms. The highest BCUT2D eigenvalue weighted by Crippen LogP contribution is 2.83. The molecule has 8 aliphatic rings. The molecule has 1 spiro atoms. The molecule has 15 unspecified atom stereocenters. The standard InChI is InChI=1S/C44H74/c1-24(2)38-40(25(3)4)44(41(38)26(5)6)36-19-18-30-33-21-28-15-11-10-14-27(28)20-29(33)22-34(30)39(36)35-23-37(43(7,8)9)31-16-12-13-17-32(31)42(35)44/h24-42H,10-23H2,1-9H3. The quantitative estimate of drug-likeness (QED) is 0.301. The van der Waals surface area contributed by atoms with Crippen molar-refractivity contribution in [3.63, 3.8) is 0 Å². The van der Waals surface area contributed by atoms with Gasteiger partial charge in [-0.3, -0.25) is 0 Å². The Bertz CT molecular complexity index is 1020. The highest BCUT2D eigenvalue weighted by molar-refractivity contribution is 5.25. The summed E-state index contributed by atoms with van der Waals surface area (Å²) in [5.41, 5.74) is 1.13. The Morgan fingerprint density at radius 1 is 0.500 bits per heavy atom. The van der Waals surface area contributed by atoms with Crippen LogP contribution in [0, 0.1) is 123 Å². The maximum absolute atomic E-state index is 2.69. The molecule has 0 radical (unpaired) electrons. The lowest BCUT2D eigenvalue weighted by molar-refractivity contribution is -0.256. The third kappa shape index (κ3) is 4.24. The van der Waals surface area contributed by atoms with Gasteiger partial charge in [-0.05, 0) is 175 Å². The monoisotopic (exact) mass is 603 g/mol. The first-order valence-corrected chi connectivity index (χ1v) is 21.0. The highest BCUT2D eigenvalue weighted by atomic mass is 14.8. The lowest BCUT2D eigenvalue weighted by atomic mass is 9.32. The number of hydrogen-bond acceptors (Lipinski definition) is 0. The van der Waals surface area contributed by atoms with Crippen LogP contribution in [0.25, 0.3) is 0 Å². The van der Waals surface area contributed by atoms with Crippen molar-refractivity contribution in [3.8, 4) is 0 Å². The Labute approximate surface area is 274 Å². The molecule has 15 atom stereocenters. The summed E-state index contributed by atoms with van der Waals surface area (Å²) in [7, 11) is 0. The van der Waals surface area contributed by atoms with Crippen LogP contribution >= 0.6 is 0 Å². The van der Waals surface area contributed by atoms with Crippen molar-refractivity contribution < 1.29 is 0 Å². The van der Waals surface area contributed by atoms with Crippen molar-refractivity contribution in [2.75, 3.05) is 0 Å². The summed E-state index contributed by atoms with van der Waals surface area (Å²) < 4.78 is 0. The van der Waals surface area contributed by atoms with Crippen molar-refractivity contribution in [2.45, 2.75) is 152 Å². The minimum absolute atomic E-state index is 0.471. The second-order valence-corrected chi connectivity index (χ2v) is 21.4. The van der Waals surface area contributed by atoms with Crippen LogP contribution < -0.4 is 0 Å². The fourth-order valence-corrected chi connectivity index (χ4v) is 17.8. The maximum atomic E-state index is 2.69. The Hall–Kier alpha value is 0. The zero-order chi connectivity index (χ0) is 30.9. The van der Waals surface area contributed by atoms with E-state index in [2.05, 4.69) is 62.3 Å². The summed E-state index contributed by atoms with van der Waals surface area (Å²) in [6, 6.07) is 0. The van der Waals surface area contributed by atoms with Crippen molar-refractivity contribution >= 4 is 0 Å². The van der Waals surface area contributed by atoms with Crippen LogP contribution in [0.1, 0.15) is 152 Å². The minimum Gasteiger partial charge on any atom is -0.0625 e. The molecule has 0 saturated heterocycles. The predicted molar refractivity (Wildman–Crippen MR) is 187 cm³/mol. The van der Waals surface area contributed by atoms with E-state index >= 15 is 0 Å². The summed E-state index contributed by atoms with van der Waals surface area (Å²) in [4.78, 5) is 0. The molecule has 0 aromatic heterocycles. The third-order valence-corrected chi connectivity index (χ3v) is 18.2. The van der Waals surface area contributed by atoms with Crippen LogP contribution in [-0.2, 0) is 0 Å². The number of rotatable bonds is 3. The average Bonchev–Trinajstić information content (AvgIpc) is 3.47. The fourth-order valence-electron chi connectivity index (χ4n) is 17.8. The van der Waals surface area contributed by atoms with Gasteiger partial charge in [-0.25, -0.2) is 0 Å². The average molecular weight is 603 g/mol. The second kappa shape index (κ2) is 11.0. The van der Waals surface area contributed by atoms with Crippen LogP contribution in [0.5, 0.6) is 0 Å². The van der Waals surface area contributed by atoms with Crippen LogP contribution in [0.3, 0.4) is 0 Å². The molecule has 8 saturated carbocycles. The fraction of sp³-hybridized carbons (Fsp3) is 1.00. The van der Waals surface area contributed by atoms with Gasteiger partial charge >= 0.3 is 0 Å². The van der Waals surface area contributed by atoms with E-state index in [-0.39, 0.29) is 0 Å². The van der Waals surface area contributed by atoms with Crippen molar-refractivity contribution in [2.24, 2.45) is 123 Å². The van der Waals surface area contributed by atoms with E-state index < -0.39 is 0 Å². The summed E-state index contributed by atoms with van der Waals surface area (Å²) in [5.74, 6) is 19.4. The molecule has 0 heterocycles. The van der Waals surface area contributed by atoms with Gasteiger partial charge in [0.25, 0.3) is 0 Å². The van der Waals surface area contributed by atoms with Gasteiger partial charge in [0, 0.05) is 0 Å². The third-order valence-electron chi connectivity index (χ3n) is 18.2. The SMILES string of the molecule is CC(C)C1C(C(C)C)C2(C3CCC4C5CC6CCCCC6CC5CC4C3C3CC(C(C)(C)C)C4CCCCC4C32)C1C(C)C. The van der Waals surface area contributed by atoms with Gasteiger partial charge < -0.3 is 0 Å². The Morgan fingerprint density at radius 3 is 1.70 bits per heavy atom. The molecular formula is C44H74. The maximum Gasteiger partial charge on any atom is -0.0165 e. The zero-order valence-electron chi connectivity index (χ0n) is 30.9. The molecular weight excluding hydrogens is 528 g/mol. The minimum atomic E-state index is 0.471. The smallest absolute Gasteiger partial charge is 0.0165 e. The van der Waals surface area contributed by atoms with Crippen molar-refractivity contribution in [1.29, 1.82) is 0 Å². The van der Waals surface area contributed by atoms with E-state index in [9.17, 15) is 0 Å². The Balaban J connectivity index is 1.25. The molecule has 0 heteroatoms. The van der Waals surface area contributed by atoms with Gasteiger partial charge in [-0.1, -0.05) is 101 Å². The molecule has 0 nitrogen and oxygen atoms in total. The van der Waals surface area contributed by atoms with Crippen molar-refractivity contribution in [1.82, 2.24) is 0 Å². The van der Waals surface area contributed by atoms with E-state index in [4.69, 9.17) is 0 Å². The predicted octanol–water partition coefficient (Wildman–Crippen LogP) is 12.4. The van der Waals surface area contributed by atoms with Crippen LogP contribution in [0.15, 0.2) is 0 Å². The highest BCUT2D eigenvalue weighted by Gasteiger charge is 2.78. The van der Waals surface area contributed by atoms with Crippen LogP contribution in [0.2, 0.25) is 0 Å². The Morgan fingerprint density at radius 2 is 1.09 bits per heavy atom. The zero-order valence-corrected chi connectivity index (χ0v) is 30.9. The molecule has 8 aliphatic carbocycles. The van der Waals surface area contributed by atoms with E-state index in [0.29, 0.717) is 10.8 Å². The number of fused-ring (bicyclic) bond motifs is 12. The van der Waals surface area contributed by atoms with E-state index in [1.165, 1.54) is 12.8 Å². The molecule has 0 bridgehead atoms. The molecule has 0 N–H and O–H groups in total. The summed E-state index contributed by atoms with van der Waals surface area (Å²) in [5, 5.41) is 0. The van der Waals surface area contributed by atoms with Gasteiger partial charge in [0.05, 0.1) is 0 Å². The molecule has 0 amide bonds. The van der Waals surface area contributed by atoms with Gasteiger partial charge in [0.15, 0.2) is 0 Å². The van der Waals surface area contributed by atoms with Crippen LogP contribution in [0.4, 0.5) is 0 Å². The summed E-state index contributed by atoms with van der Waals surface area (Å²) in [6.45, 7) is 24.0. The molecule has 0 aromatic carbocycles. The molecule has 8 rings (SSSR count). The van der Waals surface area contributed by atoms with Gasteiger partial charge in [-0.2, -0.15) is 0 Å². The lowest BCUT2D eigenvalue weighted by Gasteiger charge is -2.72. The van der Waals surface area contributed by atoms with E-state index in [1.54, 1.807) is 77.0 Å².